The molecule has 0 spiro atoms. The summed E-state index contributed by atoms with van der Waals surface area (Å²) in [6.07, 6.45) is 5.28. The maximum Gasteiger partial charge on any atom is 0.106 e. The molecular weight excluding hydrogens is 290 g/mol. The van der Waals surface area contributed by atoms with Crippen LogP contribution in [-0.4, -0.2) is 35.1 Å². The topological polar surface area (TPSA) is 28.2 Å². The Balaban J connectivity index is 1.70. The van der Waals surface area contributed by atoms with Crippen molar-refractivity contribution in [3.05, 3.63) is 22.4 Å². The third kappa shape index (κ3) is 2.28. The van der Waals surface area contributed by atoms with Crippen LogP contribution in [0.4, 0.5) is 5.69 Å². The summed E-state index contributed by atoms with van der Waals surface area (Å²) < 4.78 is 0.911. The molecule has 3 heterocycles. The minimum absolute atomic E-state index is 0.611. The van der Waals surface area contributed by atoms with Gasteiger partial charge < -0.3 is 10.2 Å². The first kappa shape index (κ1) is 12.4. The van der Waals surface area contributed by atoms with Crippen LogP contribution in [-0.2, 0) is 0 Å². The van der Waals surface area contributed by atoms with E-state index in [0.717, 1.165) is 22.4 Å². The van der Waals surface area contributed by atoms with Crippen molar-refractivity contribution in [1.82, 2.24) is 9.88 Å². The molecule has 0 radical (unpaired) electrons. The third-order valence-corrected chi connectivity index (χ3v) is 4.95. The van der Waals surface area contributed by atoms with Gasteiger partial charge in [0.05, 0.1) is 11.4 Å². The van der Waals surface area contributed by atoms with E-state index in [0.29, 0.717) is 6.04 Å². The number of nitrogens with one attached hydrogen (secondary N) is 1. The van der Waals surface area contributed by atoms with E-state index < -0.39 is 0 Å². The van der Waals surface area contributed by atoms with Gasteiger partial charge in [0.2, 0.25) is 0 Å². The van der Waals surface area contributed by atoms with Crippen LogP contribution in [0.1, 0.15) is 31.4 Å². The number of anilines is 1. The summed E-state index contributed by atoms with van der Waals surface area (Å²) in [5.41, 5.74) is 2.27. The largest absolute Gasteiger partial charge is 0.381 e. The molecule has 0 amide bonds. The van der Waals surface area contributed by atoms with Crippen molar-refractivity contribution in [1.29, 1.82) is 0 Å². The van der Waals surface area contributed by atoms with Crippen LogP contribution >= 0.6 is 15.9 Å². The minimum atomic E-state index is 0.611. The summed E-state index contributed by atoms with van der Waals surface area (Å²) >= 11 is 3.41. The summed E-state index contributed by atoms with van der Waals surface area (Å²) in [5, 5.41) is 3.69. The fourth-order valence-corrected chi connectivity index (χ4v) is 3.83. The standard InChI is InChI=1S/C14H20BrN3/c1-9-13(5-6-14(15)16-9)17-10-7-11-3-4-12(8-10)18(11)2/h5-6,10-12,17H,3-4,7-8H2,1-2H3. The fourth-order valence-electron chi connectivity index (χ4n) is 3.43. The zero-order chi connectivity index (χ0) is 12.7. The van der Waals surface area contributed by atoms with Gasteiger partial charge in [-0.1, -0.05) is 0 Å². The molecule has 1 aromatic heterocycles. The van der Waals surface area contributed by atoms with Gasteiger partial charge in [-0.2, -0.15) is 0 Å². The molecule has 4 heteroatoms. The molecule has 3 nitrogen and oxygen atoms in total. The maximum absolute atomic E-state index is 4.45. The Kier molecular flexibility index (Phi) is 3.32. The van der Waals surface area contributed by atoms with Crippen molar-refractivity contribution in [2.24, 2.45) is 0 Å². The Hall–Kier alpha value is -0.610. The molecule has 1 N–H and O–H groups in total. The van der Waals surface area contributed by atoms with E-state index in [1.165, 1.54) is 31.4 Å². The highest BCUT2D eigenvalue weighted by Crippen LogP contribution is 2.35. The van der Waals surface area contributed by atoms with Gasteiger partial charge in [0.15, 0.2) is 0 Å². The predicted octanol–water partition coefficient (Wildman–Crippen LogP) is 3.19. The van der Waals surface area contributed by atoms with Gasteiger partial charge in [0.25, 0.3) is 0 Å². The first-order valence-electron chi connectivity index (χ1n) is 6.75. The number of rotatable bonds is 2. The Bertz CT molecular complexity index is 435. The number of nitrogens with zero attached hydrogens (tertiary/aromatic N) is 2. The molecule has 1 aromatic rings. The molecule has 2 aliphatic heterocycles. The van der Waals surface area contributed by atoms with Crippen LogP contribution in [0.3, 0.4) is 0 Å². The molecule has 0 aliphatic carbocycles. The van der Waals surface area contributed by atoms with E-state index in [9.17, 15) is 0 Å². The average molecular weight is 310 g/mol. The number of fused-ring (bicyclic) bond motifs is 2. The first-order chi connectivity index (χ1) is 8.63. The lowest BCUT2D eigenvalue weighted by atomic mass is 9.97. The quantitative estimate of drug-likeness (QED) is 0.850. The van der Waals surface area contributed by atoms with Gasteiger partial charge in [0.1, 0.15) is 4.60 Å². The molecule has 3 rings (SSSR count). The zero-order valence-electron chi connectivity index (χ0n) is 11.0. The van der Waals surface area contributed by atoms with Gasteiger partial charge in [0, 0.05) is 18.1 Å². The lowest BCUT2D eigenvalue weighted by Crippen LogP contribution is -2.44. The number of hydrogen-bond acceptors (Lipinski definition) is 3. The molecule has 2 fully saturated rings. The van der Waals surface area contributed by atoms with Gasteiger partial charge in [-0.25, -0.2) is 4.98 Å². The van der Waals surface area contributed by atoms with Gasteiger partial charge in [-0.15, -0.1) is 0 Å². The number of hydrogen-bond donors (Lipinski definition) is 1. The van der Waals surface area contributed by atoms with Crippen molar-refractivity contribution in [2.75, 3.05) is 12.4 Å². The second-order valence-corrected chi connectivity index (χ2v) is 6.44. The van der Waals surface area contributed by atoms with E-state index >= 15 is 0 Å². The molecule has 98 valence electrons. The maximum atomic E-state index is 4.45. The Morgan fingerprint density at radius 1 is 1.28 bits per heavy atom. The molecular formula is C14H20BrN3. The predicted molar refractivity (Wildman–Crippen MR) is 77.9 cm³/mol. The molecule has 2 bridgehead atoms. The van der Waals surface area contributed by atoms with Gasteiger partial charge >= 0.3 is 0 Å². The van der Waals surface area contributed by atoms with E-state index in [-0.39, 0.29) is 0 Å². The SMILES string of the molecule is Cc1nc(Br)ccc1NC1CC2CCC(C1)N2C. The summed E-state index contributed by atoms with van der Waals surface area (Å²) in [5.74, 6) is 0. The van der Waals surface area contributed by atoms with Crippen LogP contribution in [0, 0.1) is 6.92 Å². The zero-order valence-corrected chi connectivity index (χ0v) is 12.6. The number of aryl methyl sites for hydroxylation is 1. The van der Waals surface area contributed by atoms with Crippen molar-refractivity contribution in [2.45, 2.75) is 50.7 Å². The van der Waals surface area contributed by atoms with E-state index in [2.05, 4.69) is 51.2 Å². The average Bonchev–Trinajstić information content (AvgIpc) is 2.57. The number of pyridine rings is 1. The van der Waals surface area contributed by atoms with Gasteiger partial charge in [-0.05, 0) is 67.7 Å². The Morgan fingerprint density at radius 2 is 1.94 bits per heavy atom. The first-order valence-corrected chi connectivity index (χ1v) is 7.54. The molecule has 0 saturated carbocycles. The highest BCUT2D eigenvalue weighted by molar-refractivity contribution is 9.10. The second-order valence-electron chi connectivity index (χ2n) is 5.63. The number of halogens is 1. The van der Waals surface area contributed by atoms with Crippen molar-refractivity contribution < 1.29 is 0 Å². The monoisotopic (exact) mass is 309 g/mol. The van der Waals surface area contributed by atoms with Crippen LogP contribution < -0.4 is 5.32 Å². The Morgan fingerprint density at radius 3 is 2.56 bits per heavy atom. The molecule has 2 aliphatic rings. The number of aromatic nitrogens is 1. The molecule has 2 atom stereocenters. The van der Waals surface area contributed by atoms with E-state index in [4.69, 9.17) is 0 Å². The number of piperidine rings is 1. The fraction of sp³-hybridized carbons (Fsp3) is 0.643. The lowest BCUT2D eigenvalue weighted by molar-refractivity contribution is 0.169. The summed E-state index contributed by atoms with van der Waals surface area (Å²) in [7, 11) is 2.28. The summed E-state index contributed by atoms with van der Waals surface area (Å²) in [4.78, 5) is 7.03. The molecule has 2 unspecified atom stereocenters. The van der Waals surface area contributed by atoms with E-state index in [1.807, 2.05) is 6.07 Å². The summed E-state index contributed by atoms with van der Waals surface area (Å²) in [6, 6.07) is 6.32. The molecule has 0 aromatic carbocycles. The second kappa shape index (κ2) is 4.82. The van der Waals surface area contributed by atoms with Crippen molar-refractivity contribution in [3.8, 4) is 0 Å². The molecule has 18 heavy (non-hydrogen) atoms. The van der Waals surface area contributed by atoms with Crippen LogP contribution in [0.15, 0.2) is 16.7 Å². The Labute approximate surface area is 117 Å². The van der Waals surface area contributed by atoms with Crippen molar-refractivity contribution in [3.63, 3.8) is 0 Å². The summed E-state index contributed by atoms with van der Waals surface area (Å²) in [6.45, 7) is 2.07. The van der Waals surface area contributed by atoms with Crippen molar-refractivity contribution >= 4 is 21.6 Å². The lowest BCUT2D eigenvalue weighted by Gasteiger charge is -2.37. The highest BCUT2D eigenvalue weighted by Gasteiger charge is 2.38. The molecule has 2 saturated heterocycles. The minimum Gasteiger partial charge on any atom is -0.381 e. The van der Waals surface area contributed by atoms with Crippen LogP contribution in [0.25, 0.3) is 0 Å². The normalized spacial score (nSPS) is 31.6. The highest BCUT2D eigenvalue weighted by atomic mass is 79.9. The van der Waals surface area contributed by atoms with Crippen LogP contribution in [0.5, 0.6) is 0 Å². The third-order valence-electron chi connectivity index (χ3n) is 4.51. The van der Waals surface area contributed by atoms with E-state index in [1.54, 1.807) is 0 Å². The van der Waals surface area contributed by atoms with Crippen LogP contribution in [0.2, 0.25) is 0 Å². The van der Waals surface area contributed by atoms with Gasteiger partial charge in [-0.3, -0.25) is 0 Å². The smallest absolute Gasteiger partial charge is 0.106 e.